The van der Waals surface area contributed by atoms with Crippen LogP contribution in [0.25, 0.3) is 0 Å². The summed E-state index contributed by atoms with van der Waals surface area (Å²) in [5.74, 6) is 0. The molecule has 1 heterocycles. The van der Waals surface area contributed by atoms with Gasteiger partial charge in [0, 0.05) is 0 Å². The van der Waals surface area contributed by atoms with Gasteiger partial charge in [-0.25, -0.2) is 13.8 Å². The van der Waals surface area contributed by atoms with Gasteiger partial charge in [-0.3, -0.25) is 0 Å². The first-order chi connectivity index (χ1) is 7.77. The lowest BCUT2D eigenvalue weighted by molar-refractivity contribution is -0.138. The lowest BCUT2D eigenvalue weighted by Gasteiger charge is -2.13. The molecule has 0 aromatic carbocycles. The molecular formula is C9H4BrF5N2. The second-order valence-electron chi connectivity index (χ2n) is 2.99. The van der Waals surface area contributed by atoms with Crippen molar-refractivity contribution >= 4 is 15.9 Å². The van der Waals surface area contributed by atoms with Crippen LogP contribution in [0.15, 0.2) is 10.5 Å². The molecule has 0 atom stereocenters. The fraction of sp³-hybridized carbons (Fsp3) is 0.333. The Morgan fingerprint density at radius 3 is 2.41 bits per heavy atom. The average molecular weight is 315 g/mol. The minimum atomic E-state index is -4.78. The third kappa shape index (κ3) is 3.12. The largest absolute Gasteiger partial charge is 0.417 e. The minimum absolute atomic E-state index is 0.335. The van der Waals surface area contributed by atoms with Crippen LogP contribution < -0.4 is 0 Å². The molecule has 92 valence electrons. The highest BCUT2D eigenvalue weighted by molar-refractivity contribution is 9.10. The highest BCUT2D eigenvalue weighted by atomic mass is 79.9. The predicted molar refractivity (Wildman–Crippen MR) is 51.2 cm³/mol. The maximum atomic E-state index is 12.5. The molecule has 0 spiro atoms. The van der Waals surface area contributed by atoms with Crippen LogP contribution in [0.1, 0.15) is 23.4 Å². The molecule has 0 N–H and O–H groups in total. The molecule has 0 fully saturated rings. The minimum Gasteiger partial charge on any atom is -0.250 e. The molecular weight excluding hydrogens is 311 g/mol. The van der Waals surface area contributed by atoms with Crippen LogP contribution >= 0.6 is 15.9 Å². The molecule has 0 radical (unpaired) electrons. The summed E-state index contributed by atoms with van der Waals surface area (Å²) in [4.78, 5) is 3.32. The van der Waals surface area contributed by atoms with E-state index in [4.69, 9.17) is 5.26 Å². The number of rotatable bonds is 2. The summed E-state index contributed by atoms with van der Waals surface area (Å²) in [7, 11) is 0. The van der Waals surface area contributed by atoms with E-state index in [1.54, 1.807) is 6.07 Å². The van der Waals surface area contributed by atoms with Gasteiger partial charge in [0.1, 0.15) is 5.69 Å². The van der Waals surface area contributed by atoms with Crippen LogP contribution in [0.4, 0.5) is 22.0 Å². The van der Waals surface area contributed by atoms with Crippen LogP contribution in [0.5, 0.6) is 0 Å². The van der Waals surface area contributed by atoms with Gasteiger partial charge in [0.2, 0.25) is 0 Å². The normalized spacial score (nSPS) is 11.6. The van der Waals surface area contributed by atoms with Gasteiger partial charge in [0.25, 0.3) is 6.43 Å². The fourth-order valence-electron chi connectivity index (χ4n) is 1.13. The van der Waals surface area contributed by atoms with Crippen molar-refractivity contribution in [2.75, 3.05) is 0 Å². The van der Waals surface area contributed by atoms with Gasteiger partial charge >= 0.3 is 6.18 Å². The molecule has 2 nitrogen and oxygen atoms in total. The Kier molecular flexibility index (Phi) is 4.03. The van der Waals surface area contributed by atoms with Crippen LogP contribution in [0, 0.1) is 11.3 Å². The zero-order valence-corrected chi connectivity index (χ0v) is 9.61. The van der Waals surface area contributed by atoms with Gasteiger partial charge in [0.05, 0.1) is 28.2 Å². The topological polar surface area (TPSA) is 36.7 Å². The number of hydrogen-bond acceptors (Lipinski definition) is 2. The van der Waals surface area contributed by atoms with Crippen LogP contribution in [-0.4, -0.2) is 4.98 Å². The SMILES string of the molecule is N#CCc1cc(C(F)(F)F)c(Br)c(C(F)F)n1. The van der Waals surface area contributed by atoms with E-state index in [0.29, 0.717) is 6.07 Å². The molecule has 0 saturated heterocycles. The van der Waals surface area contributed by atoms with E-state index in [9.17, 15) is 22.0 Å². The molecule has 17 heavy (non-hydrogen) atoms. The van der Waals surface area contributed by atoms with Crippen molar-refractivity contribution in [2.45, 2.75) is 19.0 Å². The summed E-state index contributed by atoms with van der Waals surface area (Å²) in [5.41, 5.74) is -2.60. The van der Waals surface area contributed by atoms with Gasteiger partial charge in [0.15, 0.2) is 0 Å². The molecule has 0 amide bonds. The van der Waals surface area contributed by atoms with Crippen molar-refractivity contribution < 1.29 is 22.0 Å². The second kappa shape index (κ2) is 4.96. The van der Waals surface area contributed by atoms with Crippen molar-refractivity contribution in [2.24, 2.45) is 0 Å². The molecule has 0 unspecified atom stereocenters. The van der Waals surface area contributed by atoms with E-state index in [0.717, 1.165) is 0 Å². The summed E-state index contributed by atoms with van der Waals surface area (Å²) in [6.45, 7) is 0. The first kappa shape index (κ1) is 13.8. The van der Waals surface area contributed by atoms with Crippen LogP contribution in [0.3, 0.4) is 0 Å². The van der Waals surface area contributed by atoms with Crippen molar-refractivity contribution in [1.29, 1.82) is 5.26 Å². The van der Waals surface area contributed by atoms with Crippen molar-refractivity contribution in [1.82, 2.24) is 4.98 Å². The van der Waals surface area contributed by atoms with Crippen LogP contribution in [-0.2, 0) is 12.6 Å². The Hall–Kier alpha value is -1.23. The highest BCUT2D eigenvalue weighted by Gasteiger charge is 2.36. The molecule has 1 aromatic heterocycles. The number of nitrogens with zero attached hydrogens (tertiary/aromatic N) is 2. The van der Waals surface area contributed by atoms with Gasteiger partial charge in [-0.2, -0.15) is 18.4 Å². The van der Waals surface area contributed by atoms with Crippen molar-refractivity contribution in [3.05, 3.63) is 27.5 Å². The Labute approximate surface area is 101 Å². The third-order valence-electron chi connectivity index (χ3n) is 1.81. The first-order valence-electron chi connectivity index (χ1n) is 4.19. The van der Waals surface area contributed by atoms with E-state index in [-0.39, 0.29) is 5.69 Å². The molecule has 1 rings (SSSR count). The van der Waals surface area contributed by atoms with E-state index < -0.39 is 34.8 Å². The van der Waals surface area contributed by atoms with Crippen molar-refractivity contribution in [3.8, 4) is 6.07 Å². The average Bonchev–Trinajstić information content (AvgIpc) is 2.18. The maximum absolute atomic E-state index is 12.5. The lowest BCUT2D eigenvalue weighted by Crippen LogP contribution is -2.11. The quantitative estimate of drug-likeness (QED) is 0.777. The Morgan fingerprint density at radius 2 is 2.00 bits per heavy atom. The molecule has 1 aromatic rings. The maximum Gasteiger partial charge on any atom is 0.417 e. The first-order valence-corrected chi connectivity index (χ1v) is 4.98. The van der Waals surface area contributed by atoms with Gasteiger partial charge in [-0.05, 0) is 22.0 Å². The number of aromatic nitrogens is 1. The fourth-order valence-corrected chi connectivity index (χ4v) is 1.73. The summed E-state index contributed by atoms with van der Waals surface area (Å²) >= 11 is 2.46. The molecule has 8 heteroatoms. The predicted octanol–water partition coefficient (Wildman–Crippen LogP) is 3.87. The van der Waals surface area contributed by atoms with Gasteiger partial charge in [-0.1, -0.05) is 0 Å². The number of pyridine rings is 1. The number of halogens is 6. The third-order valence-corrected chi connectivity index (χ3v) is 2.64. The monoisotopic (exact) mass is 314 g/mol. The highest BCUT2D eigenvalue weighted by Crippen LogP contribution is 2.39. The Bertz CT molecular complexity index is 464. The Morgan fingerprint density at radius 1 is 1.41 bits per heavy atom. The molecule has 0 bridgehead atoms. The zero-order chi connectivity index (χ0) is 13.2. The van der Waals surface area contributed by atoms with Gasteiger partial charge in [-0.15, -0.1) is 0 Å². The second-order valence-corrected chi connectivity index (χ2v) is 3.79. The van der Waals surface area contributed by atoms with Gasteiger partial charge < -0.3 is 0 Å². The summed E-state index contributed by atoms with van der Waals surface area (Å²) in [6, 6.07) is 2.14. The lowest BCUT2D eigenvalue weighted by atomic mass is 10.1. The molecule has 0 aliphatic heterocycles. The smallest absolute Gasteiger partial charge is 0.250 e. The van der Waals surface area contributed by atoms with E-state index in [1.807, 2.05) is 0 Å². The zero-order valence-electron chi connectivity index (χ0n) is 8.02. The van der Waals surface area contributed by atoms with E-state index in [1.165, 1.54) is 0 Å². The Balaban J connectivity index is 3.44. The molecule has 0 saturated carbocycles. The summed E-state index contributed by atoms with van der Waals surface area (Å²) < 4.78 is 61.7. The number of alkyl halides is 5. The van der Waals surface area contributed by atoms with E-state index >= 15 is 0 Å². The van der Waals surface area contributed by atoms with E-state index in [2.05, 4.69) is 20.9 Å². The number of hydrogen-bond donors (Lipinski definition) is 0. The molecule has 0 aliphatic rings. The summed E-state index contributed by atoms with van der Waals surface area (Å²) in [6.07, 6.45) is -8.39. The summed E-state index contributed by atoms with van der Waals surface area (Å²) in [5, 5.41) is 8.34. The molecule has 0 aliphatic carbocycles. The number of nitriles is 1. The van der Waals surface area contributed by atoms with Crippen molar-refractivity contribution in [3.63, 3.8) is 0 Å². The standard InChI is InChI=1S/C9H4BrF5N2/c10-6-5(9(13,14)15)3-4(1-2-16)17-7(6)8(11)12/h3,8H,1H2. The van der Waals surface area contributed by atoms with Crippen LogP contribution in [0.2, 0.25) is 0 Å².